The molecule has 2 heterocycles. The van der Waals surface area contributed by atoms with Crippen LogP contribution in [0.5, 0.6) is 0 Å². The second-order valence-electron chi connectivity index (χ2n) is 6.78. The number of anilines is 1. The lowest BCUT2D eigenvalue weighted by Gasteiger charge is -2.34. The van der Waals surface area contributed by atoms with E-state index in [0.29, 0.717) is 12.6 Å². The Labute approximate surface area is 146 Å². The molecule has 1 aliphatic heterocycles. The molecule has 6 heteroatoms. The van der Waals surface area contributed by atoms with Crippen molar-refractivity contribution in [2.45, 2.75) is 31.7 Å². The molecule has 1 aromatic carbocycles. The third kappa shape index (κ3) is 3.54. The summed E-state index contributed by atoms with van der Waals surface area (Å²) >= 11 is 1.76. The zero-order valence-corrected chi connectivity index (χ0v) is 14.7. The number of nitrogens with one attached hydrogen (secondary N) is 1. The highest BCUT2D eigenvalue weighted by molar-refractivity contribution is 7.22. The van der Waals surface area contributed by atoms with Crippen molar-refractivity contribution in [1.82, 2.24) is 15.2 Å². The van der Waals surface area contributed by atoms with Gasteiger partial charge in [-0.1, -0.05) is 36.3 Å². The Bertz CT molecular complexity index is 669. The van der Waals surface area contributed by atoms with Crippen LogP contribution >= 0.6 is 11.3 Å². The van der Waals surface area contributed by atoms with E-state index in [1.54, 1.807) is 11.3 Å². The number of benzene rings is 1. The van der Waals surface area contributed by atoms with Gasteiger partial charge in [-0.05, 0) is 25.0 Å². The van der Waals surface area contributed by atoms with Crippen LogP contribution in [-0.4, -0.2) is 54.6 Å². The van der Waals surface area contributed by atoms with Gasteiger partial charge in [0.05, 0.1) is 16.8 Å². The Morgan fingerprint density at radius 2 is 1.92 bits per heavy atom. The molecule has 1 aromatic heterocycles. The van der Waals surface area contributed by atoms with Crippen LogP contribution in [0, 0.1) is 0 Å². The van der Waals surface area contributed by atoms with Crippen molar-refractivity contribution >= 4 is 32.6 Å². The molecule has 1 saturated carbocycles. The standard InChI is InChI=1S/C18H24N4OS/c23-17(19-14-5-1-2-6-14)13-21-9-11-22(12-10-21)18-20-15-7-3-4-8-16(15)24-18/h3-4,7-8,14H,1-2,5-6,9-13H2,(H,19,23). The van der Waals surface area contributed by atoms with Crippen molar-refractivity contribution in [3.05, 3.63) is 24.3 Å². The van der Waals surface area contributed by atoms with Gasteiger partial charge in [-0.3, -0.25) is 9.69 Å². The Kier molecular flexibility index (Phi) is 4.67. The molecule has 2 aliphatic rings. The molecule has 4 rings (SSSR count). The maximum Gasteiger partial charge on any atom is 0.234 e. The lowest BCUT2D eigenvalue weighted by molar-refractivity contribution is -0.123. The number of piperazine rings is 1. The monoisotopic (exact) mass is 344 g/mol. The minimum absolute atomic E-state index is 0.190. The predicted octanol–water partition coefficient (Wildman–Crippen LogP) is 2.48. The van der Waals surface area contributed by atoms with E-state index in [1.165, 1.54) is 17.5 Å². The fourth-order valence-corrected chi connectivity index (χ4v) is 4.66. The molecule has 1 N–H and O–H groups in total. The summed E-state index contributed by atoms with van der Waals surface area (Å²) in [6.45, 7) is 4.26. The number of carbonyl (C=O) groups excluding carboxylic acids is 1. The van der Waals surface area contributed by atoms with E-state index in [-0.39, 0.29) is 5.91 Å². The van der Waals surface area contributed by atoms with Gasteiger partial charge in [-0.15, -0.1) is 0 Å². The Morgan fingerprint density at radius 1 is 1.17 bits per heavy atom. The zero-order valence-electron chi connectivity index (χ0n) is 13.9. The summed E-state index contributed by atoms with van der Waals surface area (Å²) < 4.78 is 1.24. The summed E-state index contributed by atoms with van der Waals surface area (Å²) in [5, 5.41) is 4.29. The van der Waals surface area contributed by atoms with Crippen LogP contribution in [0.15, 0.2) is 24.3 Å². The fourth-order valence-electron chi connectivity index (χ4n) is 3.64. The van der Waals surface area contributed by atoms with Gasteiger partial charge in [0.2, 0.25) is 5.91 Å². The number of thiazole rings is 1. The Hall–Kier alpha value is -1.66. The van der Waals surface area contributed by atoms with Gasteiger partial charge in [0.1, 0.15) is 0 Å². The van der Waals surface area contributed by atoms with Crippen LogP contribution in [0.4, 0.5) is 5.13 Å². The van der Waals surface area contributed by atoms with Crippen molar-refractivity contribution in [2.75, 3.05) is 37.6 Å². The normalized spacial score (nSPS) is 19.9. The largest absolute Gasteiger partial charge is 0.352 e. The highest BCUT2D eigenvalue weighted by Crippen LogP contribution is 2.29. The van der Waals surface area contributed by atoms with Crippen LogP contribution in [0.25, 0.3) is 10.2 Å². The maximum absolute atomic E-state index is 12.2. The summed E-state index contributed by atoms with van der Waals surface area (Å²) in [5.74, 6) is 0.190. The molecule has 0 spiro atoms. The van der Waals surface area contributed by atoms with Crippen molar-refractivity contribution in [3.8, 4) is 0 Å². The predicted molar refractivity (Wildman–Crippen MR) is 98.7 cm³/mol. The molecule has 1 saturated heterocycles. The van der Waals surface area contributed by atoms with E-state index in [4.69, 9.17) is 4.98 Å². The topological polar surface area (TPSA) is 48.5 Å². The van der Waals surface area contributed by atoms with E-state index in [2.05, 4.69) is 33.3 Å². The average Bonchev–Trinajstić information content (AvgIpc) is 3.24. The molecule has 1 aliphatic carbocycles. The van der Waals surface area contributed by atoms with Crippen molar-refractivity contribution in [3.63, 3.8) is 0 Å². The molecule has 2 aromatic rings. The van der Waals surface area contributed by atoms with E-state index >= 15 is 0 Å². The Balaban J connectivity index is 1.29. The summed E-state index contributed by atoms with van der Waals surface area (Å²) in [4.78, 5) is 21.5. The minimum atomic E-state index is 0.190. The molecule has 0 bridgehead atoms. The number of aromatic nitrogens is 1. The van der Waals surface area contributed by atoms with Gasteiger partial charge >= 0.3 is 0 Å². The zero-order chi connectivity index (χ0) is 16.4. The van der Waals surface area contributed by atoms with Gasteiger partial charge in [0.25, 0.3) is 0 Å². The molecule has 5 nitrogen and oxygen atoms in total. The highest BCUT2D eigenvalue weighted by atomic mass is 32.1. The highest BCUT2D eigenvalue weighted by Gasteiger charge is 2.23. The number of fused-ring (bicyclic) bond motifs is 1. The summed E-state index contributed by atoms with van der Waals surface area (Å²) in [5.41, 5.74) is 1.08. The molecule has 24 heavy (non-hydrogen) atoms. The van der Waals surface area contributed by atoms with Crippen molar-refractivity contribution in [1.29, 1.82) is 0 Å². The lowest BCUT2D eigenvalue weighted by atomic mass is 10.2. The van der Waals surface area contributed by atoms with Crippen LogP contribution in [0.1, 0.15) is 25.7 Å². The van der Waals surface area contributed by atoms with E-state index in [9.17, 15) is 4.79 Å². The molecule has 0 radical (unpaired) electrons. The van der Waals surface area contributed by atoms with Crippen LogP contribution in [0.2, 0.25) is 0 Å². The number of carbonyl (C=O) groups is 1. The number of amides is 1. The van der Waals surface area contributed by atoms with E-state index in [1.807, 2.05) is 6.07 Å². The quantitative estimate of drug-likeness (QED) is 0.926. The first kappa shape index (κ1) is 15.8. The maximum atomic E-state index is 12.2. The first-order chi connectivity index (χ1) is 11.8. The van der Waals surface area contributed by atoms with Crippen molar-refractivity contribution < 1.29 is 4.79 Å². The van der Waals surface area contributed by atoms with Crippen LogP contribution < -0.4 is 10.2 Å². The molecule has 128 valence electrons. The number of rotatable bonds is 4. The number of hydrogen-bond donors (Lipinski definition) is 1. The van der Waals surface area contributed by atoms with Gasteiger partial charge in [0.15, 0.2) is 5.13 Å². The molecule has 1 amide bonds. The smallest absolute Gasteiger partial charge is 0.234 e. The molecular formula is C18H24N4OS. The average molecular weight is 344 g/mol. The lowest BCUT2D eigenvalue weighted by Crippen LogP contribution is -2.50. The minimum Gasteiger partial charge on any atom is -0.352 e. The van der Waals surface area contributed by atoms with Crippen LogP contribution in [0.3, 0.4) is 0 Å². The SMILES string of the molecule is O=C(CN1CCN(c2nc3ccccc3s2)CC1)NC1CCCC1. The second kappa shape index (κ2) is 7.07. The van der Waals surface area contributed by atoms with E-state index in [0.717, 1.165) is 49.7 Å². The number of nitrogens with zero attached hydrogens (tertiary/aromatic N) is 3. The van der Waals surface area contributed by atoms with Crippen LogP contribution in [-0.2, 0) is 4.79 Å². The molecule has 2 fully saturated rings. The third-order valence-corrected chi connectivity index (χ3v) is 6.11. The molecule has 0 unspecified atom stereocenters. The second-order valence-corrected chi connectivity index (χ2v) is 7.79. The molecule has 0 atom stereocenters. The van der Waals surface area contributed by atoms with Gasteiger partial charge in [0, 0.05) is 32.2 Å². The summed E-state index contributed by atoms with van der Waals surface area (Å²) in [6, 6.07) is 8.71. The van der Waals surface area contributed by atoms with Gasteiger partial charge in [-0.25, -0.2) is 4.98 Å². The fraction of sp³-hybridized carbons (Fsp3) is 0.556. The van der Waals surface area contributed by atoms with Crippen molar-refractivity contribution in [2.24, 2.45) is 0 Å². The summed E-state index contributed by atoms with van der Waals surface area (Å²) in [7, 11) is 0. The number of para-hydroxylation sites is 1. The molecular weight excluding hydrogens is 320 g/mol. The van der Waals surface area contributed by atoms with E-state index < -0.39 is 0 Å². The van der Waals surface area contributed by atoms with Gasteiger partial charge in [-0.2, -0.15) is 0 Å². The Morgan fingerprint density at radius 3 is 2.67 bits per heavy atom. The van der Waals surface area contributed by atoms with Gasteiger partial charge < -0.3 is 10.2 Å². The summed E-state index contributed by atoms with van der Waals surface area (Å²) in [6.07, 6.45) is 4.81. The first-order valence-corrected chi connectivity index (χ1v) is 9.72. The number of hydrogen-bond acceptors (Lipinski definition) is 5. The third-order valence-electron chi connectivity index (χ3n) is 5.01. The first-order valence-electron chi connectivity index (χ1n) is 8.90.